The number of aromatic nitrogens is 1. The normalized spacial score (nSPS) is 15.7. The molecule has 10 nitrogen and oxygen atoms in total. The lowest BCUT2D eigenvalue weighted by atomic mass is 9.95. The summed E-state index contributed by atoms with van der Waals surface area (Å²) in [4.78, 5) is 28.3. The summed E-state index contributed by atoms with van der Waals surface area (Å²) in [5, 5.41) is 1.71. The predicted molar refractivity (Wildman–Crippen MR) is 132 cm³/mol. The maximum atomic E-state index is 13.1. The van der Waals surface area contributed by atoms with E-state index in [-0.39, 0.29) is 12.9 Å². The van der Waals surface area contributed by atoms with E-state index >= 15 is 0 Å². The lowest BCUT2D eigenvalue weighted by Gasteiger charge is -2.33. The number of nitrogens with zero attached hydrogens (tertiary/aromatic N) is 3. The minimum Gasteiger partial charge on any atom is -0.493 e. The van der Waals surface area contributed by atoms with Crippen LogP contribution < -0.4 is 23.5 Å². The Kier molecular flexibility index (Phi) is 5.86. The van der Waals surface area contributed by atoms with Gasteiger partial charge in [-0.1, -0.05) is 0 Å². The number of piperazine rings is 1. The largest absolute Gasteiger partial charge is 0.493 e. The fourth-order valence-electron chi connectivity index (χ4n) is 5.10. The van der Waals surface area contributed by atoms with Crippen molar-refractivity contribution in [2.45, 2.75) is 19.9 Å². The Morgan fingerprint density at radius 2 is 1.73 bits per heavy atom. The van der Waals surface area contributed by atoms with Crippen LogP contribution >= 0.6 is 0 Å². The van der Waals surface area contributed by atoms with E-state index in [9.17, 15) is 9.59 Å². The summed E-state index contributed by atoms with van der Waals surface area (Å²) in [6.07, 6.45) is 2.02. The maximum Gasteiger partial charge on any atom is 0.415 e. The number of hydrogen-bond donors (Lipinski definition) is 0. The van der Waals surface area contributed by atoms with Crippen LogP contribution in [-0.4, -0.2) is 68.7 Å². The van der Waals surface area contributed by atoms with E-state index in [0.29, 0.717) is 44.3 Å². The van der Waals surface area contributed by atoms with E-state index in [4.69, 9.17) is 23.7 Å². The first kappa shape index (κ1) is 23.2. The van der Waals surface area contributed by atoms with E-state index in [2.05, 4.69) is 16.7 Å². The molecule has 0 atom stereocenters. The van der Waals surface area contributed by atoms with Crippen LogP contribution in [0.4, 0.5) is 9.59 Å². The Bertz CT molecular complexity index is 1400. The van der Waals surface area contributed by atoms with Gasteiger partial charge in [0, 0.05) is 38.7 Å². The Labute approximate surface area is 213 Å². The first-order valence-corrected chi connectivity index (χ1v) is 12.4. The van der Waals surface area contributed by atoms with Crippen LogP contribution in [0, 0.1) is 0 Å². The highest BCUT2D eigenvalue weighted by molar-refractivity contribution is 5.93. The van der Waals surface area contributed by atoms with Gasteiger partial charge in [0.1, 0.15) is 0 Å². The van der Waals surface area contributed by atoms with Crippen molar-refractivity contribution < 1.29 is 37.8 Å². The average Bonchev–Trinajstić information content (AvgIpc) is 3.39. The fraction of sp³-hybridized carbons (Fsp3) is 0.370. The van der Waals surface area contributed by atoms with E-state index in [0.717, 1.165) is 46.5 Å². The Balaban J connectivity index is 1.29. The van der Waals surface area contributed by atoms with Gasteiger partial charge in [-0.3, -0.25) is 0 Å². The van der Waals surface area contributed by atoms with Crippen molar-refractivity contribution in [1.82, 2.24) is 9.80 Å². The molecule has 192 valence electrons. The number of methoxy groups -OCH3 is 1. The second-order valence-corrected chi connectivity index (χ2v) is 9.11. The average molecular weight is 507 g/mol. The lowest BCUT2D eigenvalue weighted by Crippen LogP contribution is -2.51. The topological polar surface area (TPSA) is 90.7 Å². The zero-order valence-corrected chi connectivity index (χ0v) is 20.8. The Hall–Kier alpha value is -4.21. The molecule has 10 heteroatoms. The molecule has 0 unspecified atom stereocenters. The Morgan fingerprint density at radius 1 is 1.00 bits per heavy atom. The summed E-state index contributed by atoms with van der Waals surface area (Å²) in [7, 11) is 1.56. The molecule has 1 aromatic heterocycles. The number of rotatable bonds is 3. The molecule has 2 aromatic carbocycles. The zero-order chi connectivity index (χ0) is 25.5. The van der Waals surface area contributed by atoms with Gasteiger partial charge in [0.15, 0.2) is 35.7 Å². The minimum atomic E-state index is -0.477. The van der Waals surface area contributed by atoms with Gasteiger partial charge >= 0.3 is 12.2 Å². The molecule has 0 spiro atoms. The van der Waals surface area contributed by atoms with Crippen molar-refractivity contribution >= 4 is 23.0 Å². The summed E-state index contributed by atoms with van der Waals surface area (Å²) in [5.41, 5.74) is 3.38. The van der Waals surface area contributed by atoms with Gasteiger partial charge in [0.2, 0.25) is 12.5 Å². The third-order valence-electron chi connectivity index (χ3n) is 7.05. The van der Waals surface area contributed by atoms with Gasteiger partial charge in [-0.05, 0) is 42.1 Å². The molecular formula is C27H28N3O7+. The highest BCUT2D eigenvalue weighted by Crippen LogP contribution is 2.41. The SMILES string of the molecule is CCOC(=O)N1CCN(C(=O)Oc2c(OC)ccc3cc4[n+](cc23)CCc2cc3c(cc2-4)OCO3)CC1. The van der Waals surface area contributed by atoms with Crippen molar-refractivity contribution in [3.8, 4) is 34.3 Å². The Morgan fingerprint density at radius 3 is 2.46 bits per heavy atom. The summed E-state index contributed by atoms with van der Waals surface area (Å²) in [6, 6.07) is 9.98. The summed E-state index contributed by atoms with van der Waals surface area (Å²) in [6.45, 7) is 4.61. The van der Waals surface area contributed by atoms with Gasteiger partial charge in [0.05, 0.1) is 24.7 Å². The standard InChI is InChI=1S/C27H28N3O7/c1-3-34-26(31)28-8-10-29(11-9-28)27(32)37-25-20-15-30-7-6-18-13-23-24(36-16-35-23)14-19(18)21(30)12-17(20)4-5-22(25)33-2/h4-5,12-15H,3,6-11,16H2,1-2H3/q+1. The molecule has 2 amide bonds. The van der Waals surface area contributed by atoms with Crippen LogP contribution in [0.15, 0.2) is 36.5 Å². The summed E-state index contributed by atoms with van der Waals surface area (Å²) in [5.74, 6) is 2.39. The highest BCUT2D eigenvalue weighted by atomic mass is 16.7. The second kappa shape index (κ2) is 9.34. The molecule has 3 aliphatic rings. The highest BCUT2D eigenvalue weighted by Gasteiger charge is 2.30. The molecule has 3 aromatic rings. The smallest absolute Gasteiger partial charge is 0.415 e. The van der Waals surface area contributed by atoms with Gasteiger partial charge in [-0.2, -0.15) is 4.57 Å². The third kappa shape index (κ3) is 4.12. The number of pyridine rings is 1. The number of amides is 2. The number of aryl methyl sites for hydroxylation is 2. The molecule has 0 N–H and O–H groups in total. The number of hydrogen-bond acceptors (Lipinski definition) is 7. The molecule has 1 saturated heterocycles. The van der Waals surface area contributed by atoms with Crippen molar-refractivity contribution in [1.29, 1.82) is 0 Å². The van der Waals surface area contributed by atoms with Crippen LogP contribution in [0.1, 0.15) is 12.5 Å². The van der Waals surface area contributed by atoms with Crippen molar-refractivity contribution in [2.24, 2.45) is 0 Å². The number of carbonyl (C=O) groups is 2. The first-order valence-electron chi connectivity index (χ1n) is 12.4. The van der Waals surface area contributed by atoms with Gasteiger partial charge in [-0.15, -0.1) is 0 Å². The molecule has 4 heterocycles. The molecule has 6 rings (SSSR count). The molecule has 0 aliphatic carbocycles. The summed E-state index contributed by atoms with van der Waals surface area (Å²) < 4.78 is 29.9. The van der Waals surface area contributed by atoms with Crippen molar-refractivity contribution in [3.63, 3.8) is 0 Å². The maximum absolute atomic E-state index is 13.1. The number of fused-ring (bicyclic) bond motifs is 5. The number of ether oxygens (including phenoxy) is 5. The fourth-order valence-corrected chi connectivity index (χ4v) is 5.10. The predicted octanol–water partition coefficient (Wildman–Crippen LogP) is 3.36. The molecule has 0 radical (unpaired) electrons. The van der Waals surface area contributed by atoms with E-state index in [1.807, 2.05) is 24.4 Å². The zero-order valence-electron chi connectivity index (χ0n) is 20.8. The van der Waals surface area contributed by atoms with Crippen LogP contribution in [-0.2, 0) is 17.7 Å². The van der Waals surface area contributed by atoms with Gasteiger partial charge in [0.25, 0.3) is 0 Å². The van der Waals surface area contributed by atoms with Crippen molar-refractivity contribution in [2.75, 3.05) is 46.7 Å². The molecule has 3 aliphatic heterocycles. The van der Waals surface area contributed by atoms with Crippen LogP contribution in [0.2, 0.25) is 0 Å². The van der Waals surface area contributed by atoms with Crippen LogP contribution in [0.5, 0.6) is 23.0 Å². The third-order valence-corrected chi connectivity index (χ3v) is 7.05. The molecule has 0 bridgehead atoms. The minimum absolute atomic E-state index is 0.238. The van der Waals surface area contributed by atoms with E-state index in [1.54, 1.807) is 23.8 Å². The van der Waals surface area contributed by atoms with Crippen LogP contribution in [0.25, 0.3) is 22.0 Å². The quantitative estimate of drug-likeness (QED) is 0.503. The molecule has 37 heavy (non-hydrogen) atoms. The lowest BCUT2D eigenvalue weighted by molar-refractivity contribution is -0.686. The van der Waals surface area contributed by atoms with Gasteiger partial charge in [-0.25, -0.2) is 9.59 Å². The second-order valence-electron chi connectivity index (χ2n) is 9.11. The van der Waals surface area contributed by atoms with Crippen molar-refractivity contribution in [3.05, 3.63) is 42.1 Å². The van der Waals surface area contributed by atoms with Crippen LogP contribution in [0.3, 0.4) is 0 Å². The van der Waals surface area contributed by atoms with E-state index in [1.165, 1.54) is 5.56 Å². The monoisotopic (exact) mass is 506 g/mol. The van der Waals surface area contributed by atoms with Gasteiger partial charge < -0.3 is 33.5 Å². The molecule has 0 saturated carbocycles. The first-order chi connectivity index (χ1) is 18.1. The molecule has 1 fully saturated rings. The summed E-state index contributed by atoms with van der Waals surface area (Å²) >= 11 is 0. The number of benzene rings is 2. The van der Waals surface area contributed by atoms with E-state index < -0.39 is 6.09 Å². The number of carbonyl (C=O) groups excluding carboxylic acids is 2. The molecular weight excluding hydrogens is 478 g/mol.